The van der Waals surface area contributed by atoms with Gasteiger partial charge in [-0.15, -0.1) is 0 Å². The zero-order valence-corrected chi connectivity index (χ0v) is 25.0. The van der Waals surface area contributed by atoms with Gasteiger partial charge in [0.1, 0.15) is 11.5 Å². The third-order valence-corrected chi connectivity index (χ3v) is 12.3. The van der Waals surface area contributed by atoms with Crippen molar-refractivity contribution in [2.75, 3.05) is 0 Å². The average molecular weight is 599 g/mol. The third-order valence-electron chi connectivity index (χ3n) is 7.09. The number of ether oxygens (including phenoxy) is 1. The Morgan fingerprint density at radius 2 is 0.634 bits per heavy atom. The Morgan fingerprint density at radius 3 is 1.10 bits per heavy atom. The van der Waals surface area contributed by atoms with Gasteiger partial charge in [0.25, 0.3) is 0 Å². The minimum atomic E-state index is 0.856. The topological polar surface area (TPSA) is 9.23 Å². The van der Waals surface area contributed by atoms with Gasteiger partial charge in [0.2, 0.25) is 0 Å². The molecule has 0 aliphatic carbocycles. The van der Waals surface area contributed by atoms with E-state index >= 15 is 0 Å². The molecule has 1 nitrogen and oxygen atoms in total. The molecule has 0 saturated heterocycles. The van der Waals surface area contributed by atoms with E-state index in [9.17, 15) is 0 Å². The first-order valence-corrected chi connectivity index (χ1v) is 16.6. The molecule has 0 saturated carbocycles. The lowest BCUT2D eigenvalue weighted by atomic mass is 10.0. The Labute approximate surface area is 256 Å². The van der Waals surface area contributed by atoms with Crippen LogP contribution in [0.1, 0.15) is 0 Å². The number of hydrogen-bond donors (Lipinski definition) is 0. The molecule has 0 atom stereocenters. The average Bonchev–Trinajstić information content (AvgIpc) is 3.03. The van der Waals surface area contributed by atoms with Gasteiger partial charge in [-0.3, -0.25) is 0 Å². The van der Waals surface area contributed by atoms with Gasteiger partial charge in [0.15, 0.2) is 0 Å². The normalized spacial score (nSPS) is 13.0. The predicted octanol–water partition coefficient (Wildman–Crippen LogP) is 12.0. The largest absolute Gasteiger partial charge is 0.456 e. The molecule has 0 spiro atoms. The maximum Gasteiger partial charge on any atom is 0.135 e. The minimum absolute atomic E-state index is 0.856. The summed E-state index contributed by atoms with van der Waals surface area (Å²) in [6, 6.07) is 47.3. The molecular formula is C36H22OS4. The lowest BCUT2D eigenvalue weighted by molar-refractivity contribution is 0.486. The molecule has 0 bridgehead atoms. The molecule has 5 heteroatoms. The van der Waals surface area contributed by atoms with Crippen LogP contribution in [-0.2, 0) is 0 Å². The summed E-state index contributed by atoms with van der Waals surface area (Å²) in [5, 5.41) is 0. The molecule has 6 aromatic rings. The molecule has 2 heterocycles. The summed E-state index contributed by atoms with van der Waals surface area (Å²) in [4.78, 5) is 10.4. The van der Waals surface area contributed by atoms with Gasteiger partial charge in [-0.25, -0.2) is 0 Å². The second kappa shape index (κ2) is 10.7. The second-order valence-electron chi connectivity index (χ2n) is 9.66. The smallest absolute Gasteiger partial charge is 0.135 e. The van der Waals surface area contributed by atoms with Crippen molar-refractivity contribution in [3.8, 4) is 33.8 Å². The van der Waals surface area contributed by atoms with Crippen molar-refractivity contribution >= 4 is 47.0 Å². The van der Waals surface area contributed by atoms with E-state index < -0.39 is 0 Å². The first kappa shape index (κ1) is 25.2. The van der Waals surface area contributed by atoms with Crippen LogP contribution in [0.5, 0.6) is 11.5 Å². The maximum atomic E-state index is 6.84. The quantitative estimate of drug-likeness (QED) is 0.199. The van der Waals surface area contributed by atoms with Crippen molar-refractivity contribution in [1.82, 2.24) is 0 Å². The van der Waals surface area contributed by atoms with Crippen molar-refractivity contribution in [1.29, 1.82) is 0 Å². The zero-order chi connectivity index (χ0) is 27.2. The van der Waals surface area contributed by atoms with Crippen LogP contribution >= 0.6 is 47.0 Å². The van der Waals surface area contributed by atoms with E-state index in [1.807, 2.05) is 47.0 Å². The Morgan fingerprint density at radius 1 is 0.293 bits per heavy atom. The molecule has 0 aromatic heterocycles. The van der Waals surface area contributed by atoms with Crippen LogP contribution < -0.4 is 4.74 Å². The molecule has 0 N–H and O–H groups in total. The van der Waals surface area contributed by atoms with Crippen LogP contribution in [0, 0.1) is 0 Å². The van der Waals surface area contributed by atoms with Gasteiger partial charge in [0, 0.05) is 61.4 Å². The summed E-state index contributed by atoms with van der Waals surface area (Å²) in [6.45, 7) is 0. The van der Waals surface area contributed by atoms with Gasteiger partial charge >= 0.3 is 0 Å². The van der Waals surface area contributed by atoms with Gasteiger partial charge in [0.05, 0.1) is 0 Å². The van der Waals surface area contributed by atoms with Crippen LogP contribution in [0.4, 0.5) is 0 Å². The van der Waals surface area contributed by atoms with E-state index in [-0.39, 0.29) is 0 Å². The van der Waals surface area contributed by atoms with Crippen LogP contribution in [0.2, 0.25) is 0 Å². The Kier molecular flexibility index (Phi) is 6.61. The lowest BCUT2D eigenvalue weighted by Gasteiger charge is -2.23. The molecular weight excluding hydrogens is 577 g/mol. The van der Waals surface area contributed by atoms with Crippen LogP contribution in [-0.4, -0.2) is 0 Å². The van der Waals surface area contributed by atoms with Crippen LogP contribution in [0.3, 0.4) is 0 Å². The van der Waals surface area contributed by atoms with Crippen molar-refractivity contribution in [3.05, 3.63) is 133 Å². The van der Waals surface area contributed by atoms with E-state index in [1.165, 1.54) is 50.3 Å². The molecule has 8 rings (SSSR count). The molecule has 0 unspecified atom stereocenters. The summed E-state index contributed by atoms with van der Waals surface area (Å²) in [5.74, 6) is 1.71. The molecule has 0 fully saturated rings. The summed E-state index contributed by atoms with van der Waals surface area (Å²) < 4.78 is 6.84. The summed E-state index contributed by atoms with van der Waals surface area (Å²) in [5.41, 5.74) is 4.59. The number of fused-ring (bicyclic) bond motifs is 4. The van der Waals surface area contributed by atoms with Crippen molar-refractivity contribution in [3.63, 3.8) is 0 Å². The highest BCUT2D eigenvalue weighted by molar-refractivity contribution is 8.05. The fraction of sp³-hybridized carbons (Fsp3) is 0. The van der Waals surface area contributed by atoms with E-state index in [0.29, 0.717) is 0 Å². The van der Waals surface area contributed by atoms with Crippen molar-refractivity contribution < 1.29 is 4.74 Å². The highest BCUT2D eigenvalue weighted by Gasteiger charge is 2.24. The highest BCUT2D eigenvalue weighted by atomic mass is 32.2. The fourth-order valence-electron chi connectivity index (χ4n) is 5.20. The summed E-state index contributed by atoms with van der Waals surface area (Å²) in [7, 11) is 0. The van der Waals surface area contributed by atoms with E-state index in [4.69, 9.17) is 4.74 Å². The van der Waals surface area contributed by atoms with E-state index in [2.05, 4.69) is 133 Å². The SMILES string of the molecule is c1ccc(-c2cccc3c2Sc2ccccc2S3)c(Oc2ccccc2-c2cccc3c2Sc2ccccc2S3)c1. The summed E-state index contributed by atoms with van der Waals surface area (Å²) in [6.07, 6.45) is 0. The fourth-order valence-corrected chi connectivity index (χ4v) is 9.98. The zero-order valence-electron chi connectivity index (χ0n) is 21.7. The monoisotopic (exact) mass is 598 g/mol. The van der Waals surface area contributed by atoms with Gasteiger partial charge in [-0.1, -0.05) is 132 Å². The molecule has 196 valence electrons. The standard InChI is InChI=1S/C36H22OS4/c1-3-15-27(23(11-1)25-13-9-21-33-35(25)40-31-19-7-5-17-29(31)38-33)37-28-16-4-2-12-24(28)26-14-10-22-34-36(26)41-32-20-8-6-18-30(32)39-34/h1-22H. The number of hydrogen-bond acceptors (Lipinski definition) is 5. The number of benzene rings is 6. The maximum absolute atomic E-state index is 6.84. The first-order valence-electron chi connectivity index (χ1n) is 13.3. The highest BCUT2D eigenvalue weighted by Crippen LogP contribution is 2.54. The number of rotatable bonds is 4. The van der Waals surface area contributed by atoms with Crippen LogP contribution in [0.15, 0.2) is 173 Å². The summed E-state index contributed by atoms with van der Waals surface area (Å²) >= 11 is 7.38. The van der Waals surface area contributed by atoms with E-state index in [1.54, 1.807) is 0 Å². The molecule has 41 heavy (non-hydrogen) atoms. The molecule has 2 aliphatic heterocycles. The van der Waals surface area contributed by atoms with Gasteiger partial charge in [-0.2, -0.15) is 0 Å². The van der Waals surface area contributed by atoms with Crippen molar-refractivity contribution in [2.24, 2.45) is 0 Å². The number of para-hydroxylation sites is 2. The van der Waals surface area contributed by atoms with Gasteiger partial charge in [-0.05, 0) is 48.5 Å². The minimum Gasteiger partial charge on any atom is -0.456 e. The van der Waals surface area contributed by atoms with Crippen molar-refractivity contribution in [2.45, 2.75) is 39.2 Å². The van der Waals surface area contributed by atoms with Gasteiger partial charge < -0.3 is 4.74 Å². The predicted molar refractivity (Wildman–Crippen MR) is 173 cm³/mol. The lowest BCUT2D eigenvalue weighted by Crippen LogP contribution is -1.96. The second-order valence-corrected chi connectivity index (χ2v) is 13.9. The Hall–Kier alpha value is -3.48. The van der Waals surface area contributed by atoms with Crippen LogP contribution in [0.25, 0.3) is 22.3 Å². The molecule has 2 aliphatic rings. The first-order chi connectivity index (χ1) is 20.3. The Bertz CT molecular complexity index is 1810. The molecule has 0 amide bonds. The molecule has 6 aromatic carbocycles. The Balaban J connectivity index is 1.19. The van der Waals surface area contributed by atoms with E-state index in [0.717, 1.165) is 22.6 Å². The third kappa shape index (κ3) is 4.67. The molecule has 0 radical (unpaired) electrons.